The van der Waals surface area contributed by atoms with Crippen LogP contribution in [0.2, 0.25) is 0 Å². The number of hydrogen-bond acceptors (Lipinski definition) is 40. The Morgan fingerprint density at radius 2 is 0.491 bits per heavy atom. The summed E-state index contributed by atoms with van der Waals surface area (Å²) in [6.07, 6.45) is 0. The molecule has 344 valence electrons. The van der Waals surface area contributed by atoms with Crippen molar-refractivity contribution in [3.63, 3.8) is 0 Å². The average Bonchev–Trinajstić information content (AvgIpc) is 2.64. The number of rotatable bonds is 26. The molecule has 6 N–H and O–H groups in total. The van der Waals surface area contributed by atoms with Gasteiger partial charge in [0.2, 0.25) is 0 Å². The summed E-state index contributed by atoms with van der Waals surface area (Å²) < 4.78 is 366. The topological polar surface area (TPSA) is 658 Å². The second-order valence-corrected chi connectivity index (χ2v) is 58.7. The molecule has 0 aliphatic carbocycles. The first-order chi connectivity index (χ1) is 23.9. The Hall–Kier alpha value is 3.23. The van der Waals surface area contributed by atoms with Gasteiger partial charge in [0.1, 0.15) is 0 Å². The zero-order chi connectivity index (χ0) is 45.3. The van der Waals surface area contributed by atoms with Crippen LogP contribution >= 0.6 is 7.82 Å². The molecule has 0 unspecified atom stereocenters. The molecule has 0 aromatic heterocycles. The quantitative estimate of drug-likeness (QED) is 0.0549. The predicted molar refractivity (Wildman–Crippen MR) is 50.0 cm³/mol. The van der Waals surface area contributed by atoms with Gasteiger partial charge >= 0.3 is 355 Å². The van der Waals surface area contributed by atoms with Crippen molar-refractivity contribution in [2.45, 2.75) is 0 Å². The van der Waals surface area contributed by atoms with Gasteiger partial charge < -0.3 is 6.15 Å². The second kappa shape index (κ2) is 21.2. The van der Waals surface area contributed by atoms with E-state index in [-0.39, 0.29) is 6.15 Å². The first kappa shape index (κ1) is 62.3. The van der Waals surface area contributed by atoms with Crippen LogP contribution < -0.4 is 6.15 Å². The van der Waals surface area contributed by atoms with Gasteiger partial charge in [-0.3, -0.25) is 0 Å². The summed E-state index contributed by atoms with van der Waals surface area (Å²) in [5, 5.41) is 0. The molecule has 0 saturated heterocycles. The molecule has 57 heteroatoms. The first-order valence-corrected chi connectivity index (χ1v) is 52.0. The molecule has 0 aromatic rings. The Balaban J connectivity index is 0. The number of hydrogen-bond donors (Lipinski definition) is 3. The van der Waals surface area contributed by atoms with Gasteiger partial charge in [-0.25, -0.2) is 0 Å². The molecule has 0 saturated carbocycles. The van der Waals surface area contributed by atoms with Crippen molar-refractivity contribution < 1.29 is 348 Å². The third-order valence-electron chi connectivity index (χ3n) is 2.21. The Morgan fingerprint density at radius 3 is 0.684 bits per heavy atom. The zero-order valence-corrected chi connectivity index (χ0v) is 50.4. The monoisotopic (exact) mass is 1950 g/mol. The van der Waals surface area contributed by atoms with E-state index in [1.54, 1.807) is 0 Å². The van der Waals surface area contributed by atoms with Crippen molar-refractivity contribution in [2.75, 3.05) is 0 Å². The van der Waals surface area contributed by atoms with E-state index in [9.17, 15) is 93.5 Å². The number of quaternary nitrogens is 1. The van der Waals surface area contributed by atoms with E-state index in [1.807, 2.05) is 0 Å². The van der Waals surface area contributed by atoms with E-state index in [0.717, 1.165) is 0 Å². The van der Waals surface area contributed by atoms with Crippen LogP contribution in [0.15, 0.2) is 0 Å². The summed E-state index contributed by atoms with van der Waals surface area (Å²) in [6, 6.07) is 0. The van der Waals surface area contributed by atoms with Gasteiger partial charge in [-0.2, -0.15) is 0 Å². The van der Waals surface area contributed by atoms with Gasteiger partial charge in [0.25, 0.3) is 0 Å². The molecule has 0 radical (unpaired) electrons. The minimum absolute atomic E-state index is 0. The third kappa shape index (κ3) is 30.1. The van der Waals surface area contributed by atoms with Crippen LogP contribution in [0.3, 0.4) is 0 Å². The Labute approximate surface area is 354 Å². The predicted octanol–water partition coefficient (Wildman–Crippen LogP) is -4.01. The molecule has 0 amide bonds. The van der Waals surface area contributed by atoms with Crippen LogP contribution in [0.1, 0.15) is 0 Å². The molecular formula is H6Mo12NO42PV+. The van der Waals surface area contributed by atoms with Crippen molar-refractivity contribution >= 4 is 7.82 Å². The maximum absolute atomic E-state index is 12.8. The van der Waals surface area contributed by atoms with Crippen molar-refractivity contribution in [3.8, 4) is 0 Å². The Bertz CT molecular complexity index is 2890. The third-order valence-corrected chi connectivity index (χ3v) is 66.1. The fraction of sp³-hybridized carbons (Fsp3) is 0. The molecule has 0 fully saturated rings. The first-order valence-electron chi connectivity index (χ1n) is 9.31. The summed E-state index contributed by atoms with van der Waals surface area (Å²) in [4.78, 5) is 0. The molecule has 0 spiro atoms. The standard InChI is InChI=1S/12Mo.H3N.H3O4P.2H2O.36O.V/c;;;;;;;;;;;;;1-5(2,3)4;;;;;;;;;;;;;;;;;;;;;;;;;;;;;;;;;;;;;;;/h;;;;;;;;;;;;1H3;(H3,1,2,3,4);2*1H2;;;;;;;;;;;;;;;;;;;;;;;;;;;;;;;;;;;;;/q;;;;;;;5*+1;;;;;;;;;;;;;;;;;;;;;;;;;;;;;;;;;;;;;;;;;/p-4. The Kier molecular flexibility index (Phi) is 23.2. The van der Waals surface area contributed by atoms with Gasteiger partial charge in [0.05, 0.1) is 0 Å². The van der Waals surface area contributed by atoms with Gasteiger partial charge in [0.15, 0.2) is 0 Å². The molecule has 0 aliphatic heterocycles. The van der Waals surface area contributed by atoms with Gasteiger partial charge in [-0.1, -0.05) is 0 Å². The van der Waals surface area contributed by atoms with Crippen LogP contribution in [0.5, 0.6) is 0 Å². The van der Waals surface area contributed by atoms with E-state index in [4.69, 9.17) is 7.52 Å². The van der Waals surface area contributed by atoms with E-state index >= 15 is 0 Å². The summed E-state index contributed by atoms with van der Waals surface area (Å²) in [6.45, 7) is 0. The van der Waals surface area contributed by atoms with E-state index in [0.29, 0.717) is 0 Å². The molecule has 0 aromatic carbocycles. The van der Waals surface area contributed by atoms with Crippen LogP contribution in [0.25, 0.3) is 0 Å². The van der Waals surface area contributed by atoms with Gasteiger partial charge in [-0.15, -0.1) is 0 Å². The van der Waals surface area contributed by atoms with E-state index in [2.05, 4.69) is 30.2 Å². The zero-order valence-electron chi connectivity index (χ0n) is 24.0. The average molecular weight is 1930 g/mol. The molecule has 0 bridgehead atoms. The molecular weight excluding hydrogens is 1920 g/mol. The fourth-order valence-electron chi connectivity index (χ4n) is 1.49. The maximum atomic E-state index is 12.8. The molecule has 0 atom stereocenters. The molecule has 0 rings (SSSR count). The van der Waals surface area contributed by atoms with Crippen LogP contribution in [0.4, 0.5) is 0 Å². The van der Waals surface area contributed by atoms with E-state index < -0.39 is 224 Å². The molecule has 57 heavy (non-hydrogen) atoms. The van der Waals surface area contributed by atoms with Crippen molar-refractivity contribution in [1.29, 1.82) is 0 Å². The summed E-state index contributed by atoms with van der Waals surface area (Å²) in [5.41, 5.74) is 0. The van der Waals surface area contributed by atoms with E-state index in [1.165, 1.54) is 0 Å². The second-order valence-electron chi connectivity index (χ2n) is 6.52. The fourth-order valence-corrected chi connectivity index (χ4v) is 63.9. The number of phosphoric acid groups is 1. The normalized spacial score (nSPS) is 15.1. The van der Waals surface area contributed by atoms with Gasteiger partial charge in [-0.05, 0) is 0 Å². The SMILES string of the molecule is [NH4+].[O]=[V](=[O])[O][Mo](=[O])(=[O])[O][Mo](=[O])(=[O])[O][Mo](=[O])(=[O])[O][Mo](=[O])(=[O])[O]P(=O)([O][Mo](=[O])(=[O])[O][Mo](=[O])(=[O])[O][Mo](=[O])(=[O])[O][Mo](=[O])(=[O])[OH])[O][Mo](=[O])(=[O])[O][Mo](=[O])(=[O])[O][Mo](=[O])(=[O])[O][Mo](=[O])(=[O])[OH]. The molecule has 0 aliphatic rings. The summed E-state index contributed by atoms with van der Waals surface area (Å²) in [5.74, 6) is 0. The summed E-state index contributed by atoms with van der Waals surface area (Å²) in [7, 11) is -7.97. The van der Waals surface area contributed by atoms with Crippen molar-refractivity contribution in [1.82, 2.24) is 6.15 Å². The Morgan fingerprint density at radius 1 is 0.316 bits per heavy atom. The minimum atomic E-state index is -8.89. The molecule has 43 nitrogen and oxygen atoms in total. The van der Waals surface area contributed by atoms with Crippen LogP contribution in [-0.4, -0.2) is 7.52 Å². The van der Waals surface area contributed by atoms with Crippen LogP contribution in [-0.2, 0) is 340 Å². The molecule has 0 heterocycles. The van der Waals surface area contributed by atoms with Crippen molar-refractivity contribution in [3.05, 3.63) is 0 Å². The summed E-state index contributed by atoms with van der Waals surface area (Å²) >= 11 is -104. The van der Waals surface area contributed by atoms with Crippen LogP contribution in [0, 0.1) is 0 Å². The van der Waals surface area contributed by atoms with Crippen molar-refractivity contribution in [2.24, 2.45) is 0 Å². The van der Waals surface area contributed by atoms with Gasteiger partial charge in [0, 0.05) is 0 Å².